The van der Waals surface area contributed by atoms with E-state index < -0.39 is 0 Å². The second-order valence-electron chi connectivity index (χ2n) is 11.3. The van der Waals surface area contributed by atoms with E-state index in [1.54, 1.807) is 16.8 Å². The maximum Gasteiger partial charge on any atom is 0.278 e. The number of piperidine rings is 1. The molecule has 1 N–H and O–H groups in total. The minimum Gasteiger partial charge on any atom is -0.371 e. The SMILES string of the molecule is C=CCn1c(=O)c2cnc(Nc3ccc(N4CCC5(CC4)CN(C)C5)cc3)nc2n1-c1ccc(=O)n(C(C)C)n1. The van der Waals surface area contributed by atoms with Crippen molar-refractivity contribution in [2.24, 2.45) is 5.41 Å². The summed E-state index contributed by atoms with van der Waals surface area (Å²) in [7, 11) is 2.20. The van der Waals surface area contributed by atoms with Gasteiger partial charge < -0.3 is 15.1 Å². The average molecular weight is 542 g/mol. The molecule has 2 saturated heterocycles. The van der Waals surface area contributed by atoms with Crippen molar-refractivity contribution >= 4 is 28.4 Å². The highest BCUT2D eigenvalue weighted by molar-refractivity contribution is 5.77. The Labute approximate surface area is 232 Å². The summed E-state index contributed by atoms with van der Waals surface area (Å²) in [5, 5.41) is 8.15. The molecular weight excluding hydrogens is 506 g/mol. The van der Waals surface area contributed by atoms with E-state index in [9.17, 15) is 9.59 Å². The first-order valence-electron chi connectivity index (χ1n) is 13.8. The zero-order chi connectivity index (χ0) is 28.0. The molecule has 0 aliphatic carbocycles. The molecule has 1 aromatic carbocycles. The van der Waals surface area contributed by atoms with E-state index in [1.807, 2.05) is 26.0 Å². The van der Waals surface area contributed by atoms with Crippen molar-refractivity contribution in [2.75, 3.05) is 43.4 Å². The first-order valence-corrected chi connectivity index (χ1v) is 13.8. The Morgan fingerprint density at radius 2 is 1.80 bits per heavy atom. The number of fused-ring (bicyclic) bond motifs is 1. The van der Waals surface area contributed by atoms with E-state index in [0.717, 1.165) is 18.8 Å². The number of anilines is 3. The molecule has 0 unspecified atom stereocenters. The second-order valence-corrected chi connectivity index (χ2v) is 11.3. The van der Waals surface area contributed by atoms with E-state index in [-0.39, 0.29) is 23.7 Å². The molecule has 11 nitrogen and oxygen atoms in total. The molecule has 208 valence electrons. The molecule has 0 radical (unpaired) electrons. The molecule has 3 aromatic heterocycles. The van der Waals surface area contributed by atoms with E-state index in [0.29, 0.717) is 28.2 Å². The van der Waals surface area contributed by atoms with Crippen LogP contribution >= 0.6 is 0 Å². The Balaban J connectivity index is 1.28. The van der Waals surface area contributed by atoms with Crippen molar-refractivity contribution in [3.63, 3.8) is 0 Å². The van der Waals surface area contributed by atoms with Gasteiger partial charge in [0.05, 0.1) is 12.6 Å². The number of benzene rings is 1. The Morgan fingerprint density at radius 3 is 2.45 bits per heavy atom. The van der Waals surface area contributed by atoms with Gasteiger partial charge in [0.1, 0.15) is 5.39 Å². The summed E-state index contributed by atoms with van der Waals surface area (Å²) in [6.07, 6.45) is 5.64. The van der Waals surface area contributed by atoms with Crippen LogP contribution in [0.3, 0.4) is 0 Å². The van der Waals surface area contributed by atoms with Crippen molar-refractivity contribution in [1.82, 2.24) is 34.0 Å². The van der Waals surface area contributed by atoms with Gasteiger partial charge in [0.25, 0.3) is 11.1 Å². The van der Waals surface area contributed by atoms with E-state index >= 15 is 0 Å². The number of hydrogen-bond acceptors (Lipinski definition) is 8. The smallest absolute Gasteiger partial charge is 0.278 e. The molecule has 1 spiro atoms. The molecule has 0 saturated carbocycles. The van der Waals surface area contributed by atoms with Gasteiger partial charge in [-0.2, -0.15) is 4.98 Å². The highest BCUT2D eigenvalue weighted by Gasteiger charge is 2.43. The van der Waals surface area contributed by atoms with Gasteiger partial charge in [-0.25, -0.2) is 19.0 Å². The minimum atomic E-state index is -0.258. The molecule has 5 heterocycles. The van der Waals surface area contributed by atoms with Crippen LogP contribution in [0.15, 0.2) is 64.8 Å². The van der Waals surface area contributed by atoms with Gasteiger partial charge in [0.2, 0.25) is 5.95 Å². The first-order chi connectivity index (χ1) is 19.3. The average Bonchev–Trinajstić information content (AvgIpc) is 3.20. The number of allylic oxidation sites excluding steroid dienone is 1. The van der Waals surface area contributed by atoms with Gasteiger partial charge in [0, 0.05) is 49.8 Å². The summed E-state index contributed by atoms with van der Waals surface area (Å²) in [5.41, 5.74) is 2.51. The molecule has 0 bridgehead atoms. The van der Waals surface area contributed by atoms with Crippen LogP contribution in [0.4, 0.5) is 17.3 Å². The summed E-state index contributed by atoms with van der Waals surface area (Å²) in [4.78, 5) is 39.5. The predicted molar refractivity (Wildman–Crippen MR) is 157 cm³/mol. The first kappa shape index (κ1) is 26.0. The fourth-order valence-corrected chi connectivity index (χ4v) is 6.05. The van der Waals surface area contributed by atoms with Crippen molar-refractivity contribution in [3.05, 3.63) is 76.0 Å². The molecule has 0 amide bonds. The predicted octanol–water partition coefficient (Wildman–Crippen LogP) is 3.18. The Bertz CT molecular complexity index is 1670. The number of rotatable bonds is 7. The topological polar surface area (TPSA) is 106 Å². The monoisotopic (exact) mass is 541 g/mol. The summed E-state index contributed by atoms with van der Waals surface area (Å²) in [6, 6.07) is 11.2. The number of likely N-dealkylation sites (tertiary alicyclic amines) is 1. The normalized spacial score (nSPS) is 16.9. The maximum absolute atomic E-state index is 13.2. The molecule has 40 heavy (non-hydrogen) atoms. The molecule has 2 fully saturated rings. The lowest BCUT2D eigenvalue weighted by Gasteiger charge is -2.53. The van der Waals surface area contributed by atoms with E-state index in [1.165, 1.54) is 53.2 Å². The molecule has 4 aromatic rings. The lowest BCUT2D eigenvalue weighted by atomic mass is 9.72. The fraction of sp³-hybridized carbons (Fsp3) is 0.414. The summed E-state index contributed by atoms with van der Waals surface area (Å²) < 4.78 is 4.50. The summed E-state index contributed by atoms with van der Waals surface area (Å²) >= 11 is 0. The van der Waals surface area contributed by atoms with Gasteiger partial charge in [-0.15, -0.1) is 11.7 Å². The standard InChI is InChI=1S/C29H35N9O2/c1-5-14-36-27(40)23-17-30-28(32-26(23)38(36)24-10-11-25(39)37(33-24)20(2)3)31-21-6-8-22(9-7-21)35-15-12-29(13-16-35)18-34(4)19-29/h5-11,17,20H,1,12-16,18-19H2,2-4H3,(H,30,31,32). The lowest BCUT2D eigenvalue weighted by Crippen LogP contribution is -2.58. The van der Waals surface area contributed by atoms with Crippen LogP contribution in [0.5, 0.6) is 0 Å². The van der Waals surface area contributed by atoms with Crippen LogP contribution in [0.25, 0.3) is 16.9 Å². The van der Waals surface area contributed by atoms with Gasteiger partial charge in [-0.1, -0.05) is 6.08 Å². The Morgan fingerprint density at radius 1 is 1.07 bits per heavy atom. The molecule has 2 aliphatic rings. The van der Waals surface area contributed by atoms with Crippen molar-refractivity contribution in [3.8, 4) is 5.82 Å². The van der Waals surface area contributed by atoms with Crippen LogP contribution < -0.4 is 21.3 Å². The fourth-order valence-electron chi connectivity index (χ4n) is 6.05. The van der Waals surface area contributed by atoms with Crippen molar-refractivity contribution in [1.29, 1.82) is 0 Å². The summed E-state index contributed by atoms with van der Waals surface area (Å²) in [6.45, 7) is 12.4. The van der Waals surface area contributed by atoms with Crippen LogP contribution in [-0.4, -0.2) is 67.2 Å². The van der Waals surface area contributed by atoms with Gasteiger partial charge in [0.15, 0.2) is 11.5 Å². The van der Waals surface area contributed by atoms with Crippen LogP contribution in [0, 0.1) is 5.41 Å². The van der Waals surface area contributed by atoms with E-state index in [4.69, 9.17) is 4.98 Å². The number of nitrogens with one attached hydrogen (secondary N) is 1. The number of aromatic nitrogens is 6. The zero-order valence-corrected chi connectivity index (χ0v) is 23.2. The molecule has 0 atom stereocenters. The maximum atomic E-state index is 13.2. The van der Waals surface area contributed by atoms with Crippen LogP contribution in [0.2, 0.25) is 0 Å². The Hall–Kier alpha value is -4.25. The van der Waals surface area contributed by atoms with Crippen LogP contribution in [0.1, 0.15) is 32.7 Å². The highest BCUT2D eigenvalue weighted by Crippen LogP contribution is 2.40. The molecule has 2 aliphatic heterocycles. The van der Waals surface area contributed by atoms with Crippen LogP contribution in [-0.2, 0) is 6.54 Å². The Kier molecular flexibility index (Phi) is 6.53. The highest BCUT2D eigenvalue weighted by atomic mass is 16.1. The lowest BCUT2D eigenvalue weighted by molar-refractivity contribution is 0.00132. The van der Waals surface area contributed by atoms with E-state index in [2.05, 4.69) is 51.0 Å². The second kappa shape index (κ2) is 10.1. The largest absolute Gasteiger partial charge is 0.371 e. The summed E-state index contributed by atoms with van der Waals surface area (Å²) in [5.74, 6) is 0.768. The zero-order valence-electron chi connectivity index (χ0n) is 23.2. The third-order valence-electron chi connectivity index (χ3n) is 8.02. The van der Waals surface area contributed by atoms with Crippen molar-refractivity contribution < 1.29 is 0 Å². The number of nitrogens with zero attached hydrogens (tertiary/aromatic N) is 8. The molecule has 6 rings (SSSR count). The quantitative estimate of drug-likeness (QED) is 0.356. The van der Waals surface area contributed by atoms with Gasteiger partial charge in [-0.05, 0) is 69.5 Å². The molecular formula is C29H35N9O2. The third kappa shape index (κ3) is 4.60. The van der Waals surface area contributed by atoms with Gasteiger partial charge >= 0.3 is 0 Å². The number of hydrogen-bond donors (Lipinski definition) is 1. The molecule has 11 heteroatoms. The minimum absolute atomic E-state index is 0.144. The van der Waals surface area contributed by atoms with Crippen molar-refractivity contribution in [2.45, 2.75) is 39.3 Å². The van der Waals surface area contributed by atoms with Gasteiger partial charge in [-0.3, -0.25) is 9.59 Å². The third-order valence-corrected chi connectivity index (χ3v) is 8.02.